The summed E-state index contributed by atoms with van der Waals surface area (Å²) in [7, 11) is 1.88. The SMILES string of the molecule is C=C(CN1CC[C@]2(CCN(c3ccc4[nH]nc(-c5ccc(F)cn5)c4c3)C2=O)C1)N1CC=C(c2ccc(-c3ncn(C)n3)s2)CC1. The Morgan fingerprint density at radius 3 is 2.74 bits per heavy atom. The van der Waals surface area contributed by atoms with Crippen molar-refractivity contribution in [1.29, 1.82) is 0 Å². The van der Waals surface area contributed by atoms with E-state index in [1.165, 1.54) is 22.7 Å². The van der Waals surface area contributed by atoms with E-state index in [4.69, 9.17) is 0 Å². The van der Waals surface area contributed by atoms with Gasteiger partial charge in [0.25, 0.3) is 0 Å². The lowest BCUT2D eigenvalue weighted by atomic mass is 9.85. The van der Waals surface area contributed by atoms with Gasteiger partial charge in [-0.15, -0.1) is 11.3 Å². The Balaban J connectivity index is 0.903. The summed E-state index contributed by atoms with van der Waals surface area (Å²) in [4.78, 5) is 31.6. The fourth-order valence-corrected chi connectivity index (χ4v) is 8.05. The van der Waals surface area contributed by atoms with E-state index >= 15 is 0 Å². The zero-order valence-electron chi connectivity index (χ0n) is 25.6. The van der Waals surface area contributed by atoms with Crippen LogP contribution in [-0.4, -0.2) is 84.9 Å². The van der Waals surface area contributed by atoms with Crippen molar-refractivity contribution in [2.45, 2.75) is 19.3 Å². The molecule has 2 saturated heterocycles. The molecule has 7 heterocycles. The van der Waals surface area contributed by atoms with E-state index in [0.717, 1.165) is 85.0 Å². The van der Waals surface area contributed by atoms with Crippen LogP contribution in [0, 0.1) is 11.2 Å². The topological polar surface area (TPSA) is 99.1 Å². The van der Waals surface area contributed by atoms with Crippen molar-refractivity contribution in [2.24, 2.45) is 12.5 Å². The molecule has 2 fully saturated rings. The number of nitrogens with zero attached hydrogens (tertiary/aromatic N) is 8. The third kappa shape index (κ3) is 5.11. The first-order chi connectivity index (χ1) is 22.3. The zero-order valence-corrected chi connectivity index (χ0v) is 26.4. The number of fused-ring (bicyclic) bond motifs is 1. The van der Waals surface area contributed by atoms with Crippen LogP contribution in [0.2, 0.25) is 0 Å². The minimum Gasteiger partial charge on any atom is -0.370 e. The quantitative estimate of drug-likeness (QED) is 0.257. The predicted octanol–water partition coefficient (Wildman–Crippen LogP) is 5.35. The van der Waals surface area contributed by atoms with Gasteiger partial charge in [0.1, 0.15) is 17.8 Å². The lowest BCUT2D eigenvalue weighted by Gasteiger charge is -2.32. The van der Waals surface area contributed by atoms with Gasteiger partial charge in [0, 0.05) is 61.4 Å². The van der Waals surface area contributed by atoms with E-state index in [2.05, 4.69) is 59.9 Å². The number of aromatic amines is 1. The fraction of sp³-hybridized carbons (Fsp3) is 0.324. The highest BCUT2D eigenvalue weighted by molar-refractivity contribution is 7.16. The molecule has 5 aromatic rings. The molecule has 1 atom stereocenters. The molecule has 1 spiro atoms. The molecule has 1 N–H and O–H groups in total. The molecule has 3 aliphatic heterocycles. The van der Waals surface area contributed by atoms with Crippen LogP contribution >= 0.6 is 11.3 Å². The minimum absolute atomic E-state index is 0.187. The van der Waals surface area contributed by atoms with Crippen LogP contribution < -0.4 is 4.90 Å². The molecule has 8 rings (SSSR count). The van der Waals surface area contributed by atoms with Gasteiger partial charge < -0.3 is 9.80 Å². The molecule has 0 radical (unpaired) electrons. The Morgan fingerprint density at radius 2 is 1.96 bits per heavy atom. The number of thiophene rings is 1. The molecule has 4 aromatic heterocycles. The first kappa shape index (κ1) is 28.8. The molecule has 234 valence electrons. The number of anilines is 1. The van der Waals surface area contributed by atoms with E-state index in [1.54, 1.807) is 28.4 Å². The summed E-state index contributed by atoms with van der Waals surface area (Å²) in [6.07, 6.45) is 7.88. The van der Waals surface area contributed by atoms with E-state index < -0.39 is 5.82 Å². The number of aryl methyl sites for hydroxylation is 1. The maximum atomic E-state index is 14.0. The van der Waals surface area contributed by atoms with Crippen molar-refractivity contribution in [3.05, 3.63) is 84.0 Å². The number of amides is 1. The Hall–Kier alpha value is -4.68. The maximum absolute atomic E-state index is 14.0. The molecule has 0 unspecified atom stereocenters. The number of carbonyl (C=O) groups excluding carboxylic acids is 1. The molecule has 12 heteroatoms. The normalized spacial score (nSPS) is 20.4. The number of H-pyrrole nitrogens is 1. The molecule has 3 aliphatic rings. The van der Waals surface area contributed by atoms with Gasteiger partial charge in [0.15, 0.2) is 5.82 Å². The lowest BCUT2D eigenvalue weighted by Crippen LogP contribution is -2.38. The standard InChI is InChI=1S/C34H34FN9OS/c1-22(43-13-9-23(10-14-43)29-7-8-30(46-29)32-37-21-41(2)40-32)19-42-15-11-34(20-42)12-16-44(33(34)45)25-4-6-27-26(17-25)31(39-38-27)28-5-3-24(35)18-36-28/h3-9,17-18,21H,1,10-16,19-20H2,2H3,(H,38,39)/t34-/m0/s1. The molecule has 46 heavy (non-hydrogen) atoms. The maximum Gasteiger partial charge on any atom is 0.234 e. The highest BCUT2D eigenvalue weighted by Crippen LogP contribution is 2.43. The number of aromatic nitrogens is 6. The monoisotopic (exact) mass is 635 g/mol. The smallest absolute Gasteiger partial charge is 0.234 e. The van der Waals surface area contributed by atoms with Crippen LogP contribution in [0.4, 0.5) is 10.1 Å². The van der Waals surface area contributed by atoms with Crippen molar-refractivity contribution >= 4 is 39.4 Å². The summed E-state index contributed by atoms with van der Waals surface area (Å²) in [6.45, 7) is 9.29. The Labute approximate surface area is 269 Å². The highest BCUT2D eigenvalue weighted by atomic mass is 32.1. The average molecular weight is 636 g/mol. The summed E-state index contributed by atoms with van der Waals surface area (Å²) in [5, 5.41) is 12.7. The first-order valence-electron chi connectivity index (χ1n) is 15.6. The minimum atomic E-state index is -0.392. The highest BCUT2D eigenvalue weighted by Gasteiger charge is 2.51. The molecule has 1 aromatic carbocycles. The number of hydrogen-bond acceptors (Lipinski definition) is 8. The van der Waals surface area contributed by atoms with Gasteiger partial charge in [-0.3, -0.25) is 24.5 Å². The van der Waals surface area contributed by atoms with Crippen molar-refractivity contribution in [3.8, 4) is 22.1 Å². The van der Waals surface area contributed by atoms with E-state index in [-0.39, 0.29) is 11.3 Å². The summed E-state index contributed by atoms with van der Waals surface area (Å²) >= 11 is 1.74. The number of halogens is 1. The Morgan fingerprint density at radius 1 is 1.09 bits per heavy atom. The van der Waals surface area contributed by atoms with Crippen molar-refractivity contribution in [1.82, 2.24) is 39.7 Å². The second-order valence-electron chi connectivity index (χ2n) is 12.5. The van der Waals surface area contributed by atoms with Gasteiger partial charge in [0.2, 0.25) is 5.91 Å². The molecule has 1 amide bonds. The summed E-state index contributed by atoms with van der Waals surface area (Å²) in [5.74, 6) is 0.563. The summed E-state index contributed by atoms with van der Waals surface area (Å²) in [5.41, 5.74) is 5.02. The second-order valence-corrected chi connectivity index (χ2v) is 13.6. The van der Waals surface area contributed by atoms with Crippen LogP contribution in [0.15, 0.2) is 73.3 Å². The second kappa shape index (κ2) is 11.3. The Bertz CT molecular complexity index is 1990. The van der Waals surface area contributed by atoms with Crippen LogP contribution in [0.5, 0.6) is 0 Å². The van der Waals surface area contributed by atoms with Crippen molar-refractivity contribution < 1.29 is 9.18 Å². The molecule has 10 nitrogen and oxygen atoms in total. The number of carbonyl (C=O) groups is 1. The number of pyridine rings is 1. The van der Waals surface area contributed by atoms with E-state index in [1.807, 2.05) is 30.1 Å². The van der Waals surface area contributed by atoms with E-state index in [9.17, 15) is 9.18 Å². The van der Waals surface area contributed by atoms with Gasteiger partial charge in [-0.05, 0) is 73.8 Å². The van der Waals surface area contributed by atoms with Crippen molar-refractivity contribution in [3.63, 3.8) is 0 Å². The van der Waals surface area contributed by atoms with Crippen LogP contribution in [0.3, 0.4) is 0 Å². The molecular formula is C34H34FN9OS. The zero-order chi connectivity index (χ0) is 31.4. The molecule has 0 saturated carbocycles. The van der Waals surface area contributed by atoms with Gasteiger partial charge in [-0.1, -0.05) is 12.7 Å². The van der Waals surface area contributed by atoms with Gasteiger partial charge in [-0.25, -0.2) is 9.37 Å². The van der Waals surface area contributed by atoms with E-state index in [0.29, 0.717) is 17.9 Å². The number of benzene rings is 1. The number of rotatable bonds is 7. The van der Waals surface area contributed by atoms with Crippen LogP contribution in [-0.2, 0) is 11.8 Å². The number of hydrogen-bond donors (Lipinski definition) is 1. The third-order valence-electron chi connectivity index (χ3n) is 9.58. The largest absolute Gasteiger partial charge is 0.370 e. The summed E-state index contributed by atoms with van der Waals surface area (Å²) < 4.78 is 15.2. The van der Waals surface area contributed by atoms with Crippen molar-refractivity contribution in [2.75, 3.05) is 44.2 Å². The average Bonchev–Trinajstić information content (AvgIpc) is 3.91. The number of nitrogens with one attached hydrogen (secondary N) is 1. The van der Waals surface area contributed by atoms with Gasteiger partial charge in [0.05, 0.1) is 27.7 Å². The fourth-order valence-electron chi connectivity index (χ4n) is 7.04. The molecular weight excluding hydrogens is 602 g/mol. The van der Waals surface area contributed by atoms with Gasteiger partial charge >= 0.3 is 0 Å². The van der Waals surface area contributed by atoms with Gasteiger partial charge in [-0.2, -0.15) is 10.2 Å². The number of likely N-dealkylation sites (tertiary alicyclic amines) is 1. The first-order valence-corrected chi connectivity index (χ1v) is 16.4. The molecule has 0 aliphatic carbocycles. The lowest BCUT2D eigenvalue weighted by molar-refractivity contribution is -0.125. The predicted molar refractivity (Wildman–Crippen MR) is 177 cm³/mol. The Kier molecular flexibility index (Phi) is 7.06. The summed E-state index contributed by atoms with van der Waals surface area (Å²) in [6, 6.07) is 13.2. The molecule has 0 bridgehead atoms. The van der Waals surface area contributed by atoms with Crippen LogP contribution in [0.1, 0.15) is 24.1 Å². The van der Waals surface area contributed by atoms with Crippen LogP contribution in [0.25, 0.3) is 38.6 Å². The third-order valence-corrected chi connectivity index (χ3v) is 10.7.